The van der Waals surface area contributed by atoms with E-state index in [-0.39, 0.29) is 5.78 Å². The molecular formula is C24H30OS. The molecule has 2 heteroatoms. The number of rotatable bonds is 11. The van der Waals surface area contributed by atoms with Crippen LogP contribution >= 0.6 is 11.8 Å². The van der Waals surface area contributed by atoms with Gasteiger partial charge in [0.2, 0.25) is 0 Å². The van der Waals surface area contributed by atoms with Crippen molar-refractivity contribution in [2.75, 3.05) is 6.26 Å². The van der Waals surface area contributed by atoms with Gasteiger partial charge in [0.1, 0.15) is 0 Å². The highest BCUT2D eigenvalue weighted by atomic mass is 32.2. The molecule has 0 unspecified atom stereocenters. The number of hydrogen-bond donors (Lipinski definition) is 0. The topological polar surface area (TPSA) is 17.1 Å². The number of carbonyl (C=O) groups is 1. The number of aryl methyl sites for hydroxylation is 1. The zero-order valence-corrected chi connectivity index (χ0v) is 16.9. The largest absolute Gasteiger partial charge is 0.289 e. The van der Waals surface area contributed by atoms with E-state index in [4.69, 9.17) is 0 Å². The molecule has 0 N–H and O–H groups in total. The molecule has 0 atom stereocenters. The zero-order valence-electron chi connectivity index (χ0n) is 16.0. The summed E-state index contributed by atoms with van der Waals surface area (Å²) in [6.45, 7) is 2.25. The van der Waals surface area contributed by atoms with Gasteiger partial charge >= 0.3 is 0 Å². The van der Waals surface area contributed by atoms with Gasteiger partial charge in [-0.15, -0.1) is 11.8 Å². The van der Waals surface area contributed by atoms with E-state index < -0.39 is 0 Å². The number of allylic oxidation sites excluding steroid dienone is 1. The van der Waals surface area contributed by atoms with E-state index in [0.29, 0.717) is 0 Å². The predicted molar refractivity (Wildman–Crippen MR) is 115 cm³/mol. The smallest absolute Gasteiger partial charge is 0.185 e. The third-order valence-corrected chi connectivity index (χ3v) is 5.34. The van der Waals surface area contributed by atoms with Gasteiger partial charge in [-0.05, 0) is 48.4 Å². The summed E-state index contributed by atoms with van der Waals surface area (Å²) in [5.74, 6) is 0.0602. The third kappa shape index (κ3) is 7.21. The van der Waals surface area contributed by atoms with Crippen molar-refractivity contribution < 1.29 is 4.79 Å². The van der Waals surface area contributed by atoms with Gasteiger partial charge in [-0.1, -0.05) is 81.5 Å². The van der Waals surface area contributed by atoms with Crippen LogP contribution in [-0.2, 0) is 6.42 Å². The number of carbonyl (C=O) groups excluding carboxylic acids is 1. The van der Waals surface area contributed by atoms with Gasteiger partial charge in [0, 0.05) is 10.5 Å². The molecule has 0 aliphatic carbocycles. The molecule has 138 valence electrons. The van der Waals surface area contributed by atoms with Gasteiger partial charge in [-0.2, -0.15) is 0 Å². The molecule has 2 aromatic carbocycles. The lowest BCUT2D eigenvalue weighted by molar-refractivity contribution is 0.104. The Balaban J connectivity index is 1.80. The van der Waals surface area contributed by atoms with E-state index >= 15 is 0 Å². The van der Waals surface area contributed by atoms with Gasteiger partial charge in [0.05, 0.1) is 0 Å². The fourth-order valence-corrected chi connectivity index (χ4v) is 3.34. The maximum absolute atomic E-state index is 12.3. The molecule has 0 spiro atoms. The van der Waals surface area contributed by atoms with Crippen molar-refractivity contribution in [1.82, 2.24) is 0 Å². The Hall–Kier alpha value is -1.80. The van der Waals surface area contributed by atoms with Crippen LogP contribution in [0, 0.1) is 0 Å². The van der Waals surface area contributed by atoms with Crippen molar-refractivity contribution in [3.05, 3.63) is 71.3 Å². The van der Waals surface area contributed by atoms with Gasteiger partial charge in [0.25, 0.3) is 0 Å². The predicted octanol–water partition coefficient (Wildman–Crippen LogP) is 7.21. The number of unbranched alkanes of at least 4 members (excludes halogenated alkanes) is 5. The lowest BCUT2D eigenvalue weighted by Gasteiger charge is -2.03. The van der Waals surface area contributed by atoms with Crippen LogP contribution in [0.1, 0.15) is 66.9 Å². The van der Waals surface area contributed by atoms with Crippen molar-refractivity contribution in [2.45, 2.75) is 56.8 Å². The second-order valence-corrected chi connectivity index (χ2v) is 7.57. The van der Waals surface area contributed by atoms with Crippen molar-refractivity contribution in [2.24, 2.45) is 0 Å². The Morgan fingerprint density at radius 2 is 1.54 bits per heavy atom. The lowest BCUT2D eigenvalue weighted by Crippen LogP contribution is -1.95. The summed E-state index contributed by atoms with van der Waals surface area (Å²) in [6.07, 6.45) is 14.6. The molecule has 0 radical (unpaired) electrons. The Morgan fingerprint density at radius 3 is 2.19 bits per heavy atom. The first-order valence-corrected chi connectivity index (χ1v) is 10.9. The molecule has 26 heavy (non-hydrogen) atoms. The van der Waals surface area contributed by atoms with Crippen molar-refractivity contribution in [1.29, 1.82) is 0 Å². The normalized spacial score (nSPS) is 11.2. The Labute approximate surface area is 162 Å². The van der Waals surface area contributed by atoms with Gasteiger partial charge in [-0.25, -0.2) is 0 Å². The Morgan fingerprint density at radius 1 is 0.885 bits per heavy atom. The molecule has 0 saturated heterocycles. The van der Waals surface area contributed by atoms with E-state index in [2.05, 4.69) is 37.4 Å². The van der Waals surface area contributed by atoms with Crippen LogP contribution in [0.2, 0.25) is 0 Å². The van der Waals surface area contributed by atoms with Gasteiger partial charge < -0.3 is 0 Å². The molecule has 1 nitrogen and oxygen atoms in total. The highest BCUT2D eigenvalue weighted by Gasteiger charge is 2.02. The average Bonchev–Trinajstić information content (AvgIpc) is 2.69. The number of thioether (sulfide) groups is 1. The van der Waals surface area contributed by atoms with Crippen LogP contribution in [-0.4, -0.2) is 12.0 Å². The van der Waals surface area contributed by atoms with Crippen molar-refractivity contribution in [3.8, 4) is 0 Å². The summed E-state index contributed by atoms with van der Waals surface area (Å²) in [5, 5.41) is 0. The average molecular weight is 367 g/mol. The summed E-state index contributed by atoms with van der Waals surface area (Å²) in [5.41, 5.74) is 3.14. The van der Waals surface area contributed by atoms with Crippen LogP contribution in [0.3, 0.4) is 0 Å². The first kappa shape index (κ1) is 20.5. The minimum atomic E-state index is 0.0602. The van der Waals surface area contributed by atoms with Crippen LogP contribution in [0.5, 0.6) is 0 Å². The van der Waals surface area contributed by atoms with Crippen molar-refractivity contribution >= 4 is 23.6 Å². The van der Waals surface area contributed by atoms with E-state index in [1.807, 2.05) is 30.3 Å². The summed E-state index contributed by atoms with van der Waals surface area (Å²) >= 11 is 1.72. The van der Waals surface area contributed by atoms with E-state index in [9.17, 15) is 4.79 Å². The number of benzene rings is 2. The Kier molecular flexibility index (Phi) is 9.27. The van der Waals surface area contributed by atoms with Gasteiger partial charge in [0.15, 0.2) is 5.78 Å². The molecule has 0 aliphatic heterocycles. The van der Waals surface area contributed by atoms with Crippen LogP contribution < -0.4 is 0 Å². The SMILES string of the molecule is CCCCCCCCc1ccc(C(=O)/C=C/c2ccc(SC)cc2)cc1. The quantitative estimate of drug-likeness (QED) is 0.181. The minimum Gasteiger partial charge on any atom is -0.289 e. The molecule has 0 aliphatic rings. The molecule has 0 heterocycles. The monoisotopic (exact) mass is 366 g/mol. The van der Waals surface area contributed by atoms with E-state index in [1.165, 1.54) is 49.0 Å². The fourth-order valence-electron chi connectivity index (χ4n) is 2.93. The standard InChI is InChI=1S/C24H30OS/c1-3-4-5-6-7-8-9-20-10-15-22(16-11-20)24(25)19-14-21-12-17-23(26-2)18-13-21/h10-19H,3-9H2,1-2H3/b19-14+. The zero-order chi connectivity index (χ0) is 18.6. The first-order valence-electron chi connectivity index (χ1n) is 9.68. The highest BCUT2D eigenvalue weighted by molar-refractivity contribution is 7.98. The molecule has 0 fully saturated rings. The maximum Gasteiger partial charge on any atom is 0.185 e. The number of hydrogen-bond acceptors (Lipinski definition) is 2. The molecule has 0 aromatic heterocycles. The van der Waals surface area contributed by atoms with E-state index in [1.54, 1.807) is 17.8 Å². The lowest BCUT2D eigenvalue weighted by atomic mass is 10.0. The Bertz CT molecular complexity index is 683. The van der Waals surface area contributed by atoms with E-state index in [0.717, 1.165) is 17.5 Å². The second kappa shape index (κ2) is 11.7. The summed E-state index contributed by atoms with van der Waals surface area (Å²) < 4.78 is 0. The molecular weight excluding hydrogens is 336 g/mol. The second-order valence-electron chi connectivity index (χ2n) is 6.69. The highest BCUT2D eigenvalue weighted by Crippen LogP contribution is 2.16. The molecule has 2 aromatic rings. The fraction of sp³-hybridized carbons (Fsp3) is 0.375. The van der Waals surface area contributed by atoms with Crippen LogP contribution in [0.4, 0.5) is 0 Å². The molecule has 0 amide bonds. The molecule has 0 bridgehead atoms. The summed E-state index contributed by atoms with van der Waals surface area (Å²) in [7, 11) is 0. The van der Waals surface area contributed by atoms with Gasteiger partial charge in [-0.3, -0.25) is 4.79 Å². The van der Waals surface area contributed by atoms with Crippen molar-refractivity contribution in [3.63, 3.8) is 0 Å². The summed E-state index contributed by atoms with van der Waals surface area (Å²) in [4.78, 5) is 13.6. The summed E-state index contributed by atoms with van der Waals surface area (Å²) in [6, 6.07) is 16.3. The first-order chi connectivity index (χ1) is 12.7. The maximum atomic E-state index is 12.3. The molecule has 0 saturated carbocycles. The van der Waals surface area contributed by atoms with Crippen LogP contribution in [0.25, 0.3) is 6.08 Å². The number of ketones is 1. The minimum absolute atomic E-state index is 0.0602. The third-order valence-electron chi connectivity index (χ3n) is 4.60. The molecule has 2 rings (SSSR count). The van der Waals surface area contributed by atoms with Crippen LogP contribution in [0.15, 0.2) is 59.5 Å².